The van der Waals surface area contributed by atoms with Crippen LogP contribution in [0.1, 0.15) is 38.5 Å². The maximum absolute atomic E-state index is 12.3. The van der Waals surface area contributed by atoms with E-state index in [-0.39, 0.29) is 12.4 Å². The smallest absolute Gasteiger partial charge is 0.236 e. The first-order chi connectivity index (χ1) is 8.81. The number of amides is 1. The zero-order valence-corrected chi connectivity index (χ0v) is 12.9. The number of likely N-dealkylation sites (N-methyl/N-ethyl adjacent to an activating group) is 1. The summed E-state index contributed by atoms with van der Waals surface area (Å²) in [6.07, 6.45) is 7.41. The summed E-state index contributed by atoms with van der Waals surface area (Å²) >= 11 is 0. The molecule has 0 aromatic heterocycles. The summed E-state index contributed by atoms with van der Waals surface area (Å²) in [4.78, 5) is 16.8. The van der Waals surface area contributed by atoms with Gasteiger partial charge in [0.2, 0.25) is 5.91 Å². The molecule has 2 aliphatic heterocycles. The predicted molar refractivity (Wildman–Crippen MR) is 80.8 cm³/mol. The van der Waals surface area contributed by atoms with Crippen LogP contribution in [0.3, 0.4) is 0 Å². The highest BCUT2D eigenvalue weighted by Crippen LogP contribution is 2.17. The monoisotopic (exact) mass is 289 g/mol. The summed E-state index contributed by atoms with van der Waals surface area (Å²) in [6, 6.07) is 0.561. The molecule has 0 aliphatic carbocycles. The SMILES string of the molecule is CNCC1CCCN1CC(=O)N1CCCCCC1.Cl. The van der Waals surface area contributed by atoms with Crippen molar-refractivity contribution in [2.45, 2.75) is 44.6 Å². The number of carbonyl (C=O) groups is 1. The Kier molecular flexibility index (Phi) is 7.73. The fraction of sp³-hybridized carbons (Fsp3) is 0.929. The van der Waals surface area contributed by atoms with Gasteiger partial charge < -0.3 is 10.2 Å². The lowest BCUT2D eigenvalue weighted by Gasteiger charge is -2.27. The summed E-state index contributed by atoms with van der Waals surface area (Å²) in [5.41, 5.74) is 0. The number of halogens is 1. The first kappa shape index (κ1) is 16.7. The number of likely N-dealkylation sites (tertiary alicyclic amines) is 2. The van der Waals surface area contributed by atoms with E-state index in [1.807, 2.05) is 7.05 Å². The van der Waals surface area contributed by atoms with Gasteiger partial charge >= 0.3 is 0 Å². The van der Waals surface area contributed by atoms with E-state index in [1.54, 1.807) is 0 Å². The molecule has 2 aliphatic rings. The average Bonchev–Trinajstić information content (AvgIpc) is 2.66. The number of nitrogens with one attached hydrogen (secondary N) is 1. The standard InChI is InChI=1S/C14H27N3O.ClH/c1-15-11-13-7-6-10-17(13)12-14(18)16-8-4-2-3-5-9-16;/h13,15H,2-12H2,1H3;1H. The van der Waals surface area contributed by atoms with Gasteiger partial charge in [-0.25, -0.2) is 0 Å². The number of hydrogen-bond acceptors (Lipinski definition) is 3. The van der Waals surface area contributed by atoms with Crippen molar-refractivity contribution in [3.8, 4) is 0 Å². The number of carbonyl (C=O) groups excluding carboxylic acids is 1. The molecule has 19 heavy (non-hydrogen) atoms. The lowest BCUT2D eigenvalue weighted by atomic mass is 10.2. The van der Waals surface area contributed by atoms with Crippen molar-refractivity contribution >= 4 is 18.3 Å². The Morgan fingerprint density at radius 2 is 1.79 bits per heavy atom. The molecule has 0 saturated carbocycles. The molecule has 1 unspecified atom stereocenters. The van der Waals surface area contributed by atoms with Gasteiger partial charge in [-0.1, -0.05) is 12.8 Å². The zero-order chi connectivity index (χ0) is 12.8. The highest BCUT2D eigenvalue weighted by atomic mass is 35.5. The van der Waals surface area contributed by atoms with E-state index < -0.39 is 0 Å². The second-order valence-corrected chi connectivity index (χ2v) is 5.62. The van der Waals surface area contributed by atoms with Crippen molar-refractivity contribution in [2.24, 2.45) is 0 Å². The first-order valence-electron chi connectivity index (χ1n) is 7.47. The van der Waals surface area contributed by atoms with Crippen molar-refractivity contribution in [1.29, 1.82) is 0 Å². The highest BCUT2D eigenvalue weighted by molar-refractivity contribution is 5.85. The van der Waals surface area contributed by atoms with Gasteiger partial charge in [0.05, 0.1) is 6.54 Å². The lowest BCUT2D eigenvalue weighted by molar-refractivity contribution is -0.132. The van der Waals surface area contributed by atoms with Crippen LogP contribution in [-0.4, -0.2) is 61.5 Å². The van der Waals surface area contributed by atoms with Crippen molar-refractivity contribution in [1.82, 2.24) is 15.1 Å². The van der Waals surface area contributed by atoms with Gasteiger partial charge in [-0.15, -0.1) is 12.4 Å². The Morgan fingerprint density at radius 3 is 2.42 bits per heavy atom. The summed E-state index contributed by atoms with van der Waals surface area (Å²) < 4.78 is 0. The second-order valence-electron chi connectivity index (χ2n) is 5.62. The summed E-state index contributed by atoms with van der Waals surface area (Å²) in [7, 11) is 1.99. The van der Waals surface area contributed by atoms with E-state index in [0.717, 1.165) is 26.2 Å². The van der Waals surface area contributed by atoms with E-state index in [2.05, 4.69) is 15.1 Å². The van der Waals surface area contributed by atoms with Crippen LogP contribution in [0.25, 0.3) is 0 Å². The quantitative estimate of drug-likeness (QED) is 0.852. The predicted octanol–water partition coefficient (Wildman–Crippen LogP) is 1.49. The van der Waals surface area contributed by atoms with E-state index in [9.17, 15) is 4.79 Å². The van der Waals surface area contributed by atoms with Gasteiger partial charge in [0.15, 0.2) is 0 Å². The Morgan fingerprint density at radius 1 is 1.11 bits per heavy atom. The molecule has 2 rings (SSSR count). The second kappa shape index (κ2) is 8.77. The average molecular weight is 290 g/mol. The first-order valence-corrected chi connectivity index (χ1v) is 7.47. The summed E-state index contributed by atoms with van der Waals surface area (Å²) in [6.45, 7) is 4.68. The van der Waals surface area contributed by atoms with E-state index in [0.29, 0.717) is 18.5 Å². The van der Waals surface area contributed by atoms with Crippen molar-refractivity contribution < 1.29 is 4.79 Å². The summed E-state index contributed by atoms with van der Waals surface area (Å²) in [5, 5.41) is 3.24. The van der Waals surface area contributed by atoms with Crippen LogP contribution >= 0.6 is 12.4 Å². The molecule has 0 aromatic rings. The van der Waals surface area contributed by atoms with Crippen LogP contribution in [0, 0.1) is 0 Å². The van der Waals surface area contributed by atoms with Gasteiger partial charge in [-0.3, -0.25) is 9.69 Å². The van der Waals surface area contributed by atoms with Crippen LogP contribution < -0.4 is 5.32 Å². The molecule has 1 N–H and O–H groups in total. The number of nitrogens with zero attached hydrogens (tertiary/aromatic N) is 2. The molecule has 0 radical (unpaired) electrons. The molecule has 0 aromatic carbocycles. The molecule has 2 heterocycles. The molecule has 2 saturated heterocycles. The van der Waals surface area contributed by atoms with Gasteiger partial charge in [-0.2, -0.15) is 0 Å². The Labute approximate surface area is 123 Å². The largest absolute Gasteiger partial charge is 0.342 e. The van der Waals surface area contributed by atoms with Crippen LogP contribution in [0.4, 0.5) is 0 Å². The molecule has 0 spiro atoms. The molecule has 112 valence electrons. The van der Waals surface area contributed by atoms with Crippen LogP contribution in [-0.2, 0) is 4.79 Å². The zero-order valence-electron chi connectivity index (χ0n) is 12.1. The van der Waals surface area contributed by atoms with E-state index in [4.69, 9.17) is 0 Å². The van der Waals surface area contributed by atoms with Gasteiger partial charge in [0, 0.05) is 25.7 Å². The molecular formula is C14H28ClN3O. The molecular weight excluding hydrogens is 262 g/mol. The molecule has 2 fully saturated rings. The highest BCUT2D eigenvalue weighted by Gasteiger charge is 2.27. The fourth-order valence-electron chi connectivity index (χ4n) is 3.16. The van der Waals surface area contributed by atoms with Crippen LogP contribution in [0.5, 0.6) is 0 Å². The van der Waals surface area contributed by atoms with E-state index in [1.165, 1.54) is 38.5 Å². The maximum Gasteiger partial charge on any atom is 0.236 e. The van der Waals surface area contributed by atoms with Gasteiger partial charge in [0.1, 0.15) is 0 Å². The maximum atomic E-state index is 12.3. The Hall–Kier alpha value is -0.320. The van der Waals surface area contributed by atoms with Crippen molar-refractivity contribution in [2.75, 3.05) is 39.8 Å². The summed E-state index contributed by atoms with van der Waals surface area (Å²) in [5.74, 6) is 0.347. The molecule has 1 amide bonds. The van der Waals surface area contributed by atoms with Gasteiger partial charge in [-0.05, 0) is 39.3 Å². The third-order valence-electron chi connectivity index (χ3n) is 4.24. The Balaban J connectivity index is 0.00000180. The normalized spacial score (nSPS) is 24.9. The lowest BCUT2D eigenvalue weighted by Crippen LogP contribution is -2.45. The molecule has 1 atom stereocenters. The van der Waals surface area contributed by atoms with Crippen LogP contribution in [0.15, 0.2) is 0 Å². The molecule has 5 heteroatoms. The third-order valence-corrected chi connectivity index (χ3v) is 4.24. The van der Waals surface area contributed by atoms with Crippen molar-refractivity contribution in [3.05, 3.63) is 0 Å². The molecule has 4 nitrogen and oxygen atoms in total. The number of rotatable bonds is 4. The minimum absolute atomic E-state index is 0. The minimum atomic E-state index is 0. The topological polar surface area (TPSA) is 35.6 Å². The fourth-order valence-corrected chi connectivity index (χ4v) is 3.16. The Bertz CT molecular complexity index is 267. The molecule has 0 bridgehead atoms. The minimum Gasteiger partial charge on any atom is -0.342 e. The van der Waals surface area contributed by atoms with Crippen LogP contribution in [0.2, 0.25) is 0 Å². The van der Waals surface area contributed by atoms with Gasteiger partial charge in [0.25, 0.3) is 0 Å². The van der Waals surface area contributed by atoms with E-state index >= 15 is 0 Å². The third kappa shape index (κ3) is 4.93. The number of hydrogen-bond donors (Lipinski definition) is 1. The van der Waals surface area contributed by atoms with Crippen molar-refractivity contribution in [3.63, 3.8) is 0 Å².